The fourth-order valence-corrected chi connectivity index (χ4v) is 4.38. The molecular weight excluding hydrogens is 428 g/mol. The molecule has 1 aliphatic rings. The highest BCUT2D eigenvalue weighted by atomic mass is 32.2. The molecule has 0 saturated carbocycles. The third kappa shape index (κ3) is 5.67. The third-order valence-corrected chi connectivity index (χ3v) is 6.08. The SMILES string of the molecule is CCCCCN1C(=O)C(=NNC(N)=O)c2cc(SCCc3ccc(C(=O)O)cc3)ccc21. The number of fused-ring (bicyclic) bond motifs is 1. The quantitative estimate of drug-likeness (QED) is 0.287. The van der Waals surface area contributed by atoms with Crippen LogP contribution >= 0.6 is 11.8 Å². The maximum atomic E-state index is 12.9. The van der Waals surface area contributed by atoms with Crippen LogP contribution in [0.3, 0.4) is 0 Å². The zero-order chi connectivity index (χ0) is 23.1. The van der Waals surface area contributed by atoms with Crippen molar-refractivity contribution in [3.63, 3.8) is 0 Å². The molecule has 2 aromatic carbocycles. The molecule has 8 nitrogen and oxygen atoms in total. The van der Waals surface area contributed by atoms with Crippen LogP contribution in [0.5, 0.6) is 0 Å². The Kier molecular flexibility index (Phi) is 7.88. The number of nitrogens with two attached hydrogens (primary N) is 1. The van der Waals surface area contributed by atoms with Gasteiger partial charge in [-0.05, 0) is 48.7 Å². The number of carboxylic acids is 1. The minimum atomic E-state index is -0.939. The van der Waals surface area contributed by atoms with Gasteiger partial charge in [-0.1, -0.05) is 31.9 Å². The molecule has 3 amide bonds. The number of unbranched alkanes of at least 4 members (excludes halogenated alkanes) is 2. The van der Waals surface area contributed by atoms with E-state index in [0.29, 0.717) is 12.1 Å². The summed E-state index contributed by atoms with van der Waals surface area (Å²) in [7, 11) is 0. The maximum absolute atomic E-state index is 12.9. The third-order valence-electron chi connectivity index (χ3n) is 5.09. The molecule has 32 heavy (non-hydrogen) atoms. The summed E-state index contributed by atoms with van der Waals surface area (Å²) < 4.78 is 0. The van der Waals surface area contributed by atoms with Crippen molar-refractivity contribution < 1.29 is 19.5 Å². The summed E-state index contributed by atoms with van der Waals surface area (Å²) in [4.78, 5) is 37.7. The number of nitrogens with zero attached hydrogens (tertiary/aromatic N) is 2. The van der Waals surface area contributed by atoms with E-state index in [0.717, 1.165) is 47.6 Å². The van der Waals surface area contributed by atoms with Crippen LogP contribution in [0.1, 0.15) is 47.7 Å². The summed E-state index contributed by atoms with van der Waals surface area (Å²) in [6.45, 7) is 2.70. The molecule has 4 N–H and O–H groups in total. The number of urea groups is 1. The highest BCUT2D eigenvalue weighted by Crippen LogP contribution is 2.33. The lowest BCUT2D eigenvalue weighted by Crippen LogP contribution is -2.33. The number of rotatable bonds is 10. The lowest BCUT2D eigenvalue weighted by molar-refractivity contribution is -0.112. The van der Waals surface area contributed by atoms with E-state index in [1.54, 1.807) is 28.8 Å². The van der Waals surface area contributed by atoms with E-state index in [-0.39, 0.29) is 17.2 Å². The lowest BCUT2D eigenvalue weighted by Gasteiger charge is -2.16. The normalized spacial score (nSPS) is 14.0. The monoisotopic (exact) mass is 454 g/mol. The number of hydrogen-bond donors (Lipinski definition) is 3. The predicted octanol–water partition coefficient (Wildman–Crippen LogP) is 3.63. The molecule has 0 radical (unpaired) electrons. The number of aromatic carboxylic acids is 1. The van der Waals surface area contributed by atoms with Crippen LogP contribution in [0.2, 0.25) is 0 Å². The standard InChI is InChI=1S/C23H26N4O4S/c1-2-3-4-12-27-19-10-9-17(14-18(19)20(21(27)28)25-26-23(24)31)32-13-11-15-5-7-16(8-6-15)22(29)30/h5-10,14H,2-4,11-13H2,1H3,(H,29,30)(H3,24,26,31). The topological polar surface area (TPSA) is 125 Å². The largest absolute Gasteiger partial charge is 0.478 e. The van der Waals surface area contributed by atoms with Crippen LogP contribution < -0.4 is 16.1 Å². The molecule has 1 aliphatic heterocycles. The number of carboxylic acid groups (broad SMARTS) is 1. The second-order valence-corrected chi connectivity index (χ2v) is 8.55. The van der Waals surface area contributed by atoms with Crippen molar-refractivity contribution in [1.82, 2.24) is 5.43 Å². The summed E-state index contributed by atoms with van der Waals surface area (Å²) in [6, 6.07) is 11.8. The first kappa shape index (κ1) is 23.3. The minimum Gasteiger partial charge on any atom is -0.478 e. The van der Waals surface area contributed by atoms with E-state index in [1.165, 1.54) is 0 Å². The molecular formula is C23H26N4O4S. The van der Waals surface area contributed by atoms with Crippen LogP contribution in [0.4, 0.5) is 10.5 Å². The lowest BCUT2D eigenvalue weighted by atomic mass is 10.1. The number of thioether (sulfide) groups is 1. The van der Waals surface area contributed by atoms with Crippen molar-refractivity contribution in [1.29, 1.82) is 0 Å². The average molecular weight is 455 g/mol. The second-order valence-electron chi connectivity index (χ2n) is 7.38. The van der Waals surface area contributed by atoms with Gasteiger partial charge in [-0.3, -0.25) is 4.79 Å². The van der Waals surface area contributed by atoms with Crippen molar-refractivity contribution in [3.05, 3.63) is 59.2 Å². The first-order valence-corrected chi connectivity index (χ1v) is 11.4. The predicted molar refractivity (Wildman–Crippen MR) is 125 cm³/mol. The smallest absolute Gasteiger partial charge is 0.335 e. The van der Waals surface area contributed by atoms with Gasteiger partial charge in [0.25, 0.3) is 5.91 Å². The Morgan fingerprint density at radius 1 is 1.16 bits per heavy atom. The Labute approximate surface area is 190 Å². The molecule has 0 fully saturated rings. The van der Waals surface area contributed by atoms with Gasteiger partial charge in [-0.15, -0.1) is 11.8 Å². The Bertz CT molecular complexity index is 1040. The molecule has 168 valence electrons. The number of hydrogen-bond acceptors (Lipinski definition) is 5. The molecule has 0 aromatic heterocycles. The van der Waals surface area contributed by atoms with Crippen molar-refractivity contribution >= 4 is 41.1 Å². The summed E-state index contributed by atoms with van der Waals surface area (Å²) in [5.41, 5.74) is 10.3. The van der Waals surface area contributed by atoms with Crippen molar-refractivity contribution in [2.45, 2.75) is 37.5 Å². The van der Waals surface area contributed by atoms with Gasteiger partial charge in [0.15, 0.2) is 5.71 Å². The number of carbonyl (C=O) groups is 3. The number of carbonyl (C=O) groups excluding carboxylic acids is 2. The minimum absolute atomic E-state index is 0.182. The number of aryl methyl sites for hydroxylation is 1. The van der Waals surface area contributed by atoms with E-state index >= 15 is 0 Å². The van der Waals surface area contributed by atoms with Gasteiger partial charge in [0.1, 0.15) is 0 Å². The number of primary amides is 1. The molecule has 0 saturated heterocycles. The van der Waals surface area contributed by atoms with Gasteiger partial charge < -0.3 is 15.7 Å². The Morgan fingerprint density at radius 3 is 2.56 bits per heavy atom. The number of benzene rings is 2. The first-order chi connectivity index (χ1) is 15.4. The summed E-state index contributed by atoms with van der Waals surface area (Å²) in [6.07, 6.45) is 3.73. The number of hydrazone groups is 1. The molecule has 0 bridgehead atoms. The van der Waals surface area contributed by atoms with Gasteiger partial charge in [0, 0.05) is 22.8 Å². The van der Waals surface area contributed by atoms with E-state index in [9.17, 15) is 14.4 Å². The van der Waals surface area contributed by atoms with Crippen molar-refractivity contribution in [2.24, 2.45) is 10.8 Å². The maximum Gasteiger partial charge on any atom is 0.335 e. The highest BCUT2D eigenvalue weighted by Gasteiger charge is 2.34. The molecule has 1 heterocycles. The van der Waals surface area contributed by atoms with E-state index < -0.39 is 12.0 Å². The van der Waals surface area contributed by atoms with Gasteiger partial charge in [-0.25, -0.2) is 15.0 Å². The van der Waals surface area contributed by atoms with E-state index in [2.05, 4.69) is 17.5 Å². The molecule has 9 heteroatoms. The van der Waals surface area contributed by atoms with Gasteiger partial charge in [0.05, 0.1) is 11.3 Å². The zero-order valence-electron chi connectivity index (χ0n) is 17.8. The molecule has 0 aliphatic carbocycles. The first-order valence-electron chi connectivity index (χ1n) is 10.4. The van der Waals surface area contributed by atoms with Gasteiger partial charge >= 0.3 is 12.0 Å². The second kappa shape index (κ2) is 10.8. The Morgan fingerprint density at radius 2 is 1.91 bits per heavy atom. The van der Waals surface area contributed by atoms with Crippen molar-refractivity contribution in [3.8, 4) is 0 Å². The van der Waals surface area contributed by atoms with Gasteiger partial charge in [0.2, 0.25) is 0 Å². The van der Waals surface area contributed by atoms with E-state index in [4.69, 9.17) is 10.8 Å². The fourth-order valence-electron chi connectivity index (χ4n) is 3.44. The van der Waals surface area contributed by atoms with Crippen molar-refractivity contribution in [2.75, 3.05) is 17.2 Å². The number of amides is 3. The van der Waals surface area contributed by atoms with E-state index in [1.807, 2.05) is 30.3 Å². The Hall–Kier alpha value is -3.33. The molecule has 0 atom stereocenters. The van der Waals surface area contributed by atoms with Crippen LogP contribution in [-0.4, -0.2) is 41.0 Å². The number of anilines is 1. The van der Waals surface area contributed by atoms with Crippen LogP contribution in [0.25, 0.3) is 0 Å². The van der Waals surface area contributed by atoms with Crippen LogP contribution in [0, 0.1) is 0 Å². The summed E-state index contributed by atoms with van der Waals surface area (Å²) in [5.74, 6) is -0.401. The fraction of sp³-hybridized carbons (Fsp3) is 0.304. The summed E-state index contributed by atoms with van der Waals surface area (Å²) >= 11 is 1.63. The zero-order valence-corrected chi connectivity index (χ0v) is 18.7. The summed E-state index contributed by atoms with van der Waals surface area (Å²) in [5, 5.41) is 13.0. The van der Waals surface area contributed by atoms with Gasteiger partial charge in [-0.2, -0.15) is 5.10 Å². The number of nitrogens with one attached hydrogen (secondary N) is 1. The molecule has 2 aromatic rings. The molecule has 0 unspecified atom stereocenters. The molecule has 3 rings (SSSR count). The Balaban J connectivity index is 1.73. The average Bonchev–Trinajstić information content (AvgIpc) is 3.03. The highest BCUT2D eigenvalue weighted by molar-refractivity contribution is 7.99. The van der Waals surface area contributed by atoms with Crippen LogP contribution in [-0.2, 0) is 11.2 Å². The molecule has 0 spiro atoms. The van der Waals surface area contributed by atoms with Crippen LogP contribution in [0.15, 0.2) is 52.5 Å².